The third-order valence-electron chi connectivity index (χ3n) is 1.15. The van der Waals surface area contributed by atoms with E-state index in [1.54, 1.807) is 0 Å². The molecule has 0 radical (unpaired) electrons. The lowest BCUT2D eigenvalue weighted by Gasteiger charge is -2.16. The van der Waals surface area contributed by atoms with Gasteiger partial charge < -0.3 is 0 Å². The summed E-state index contributed by atoms with van der Waals surface area (Å²) in [6.45, 7) is 0. The number of rotatable bonds is 0. The van der Waals surface area contributed by atoms with Crippen molar-refractivity contribution < 1.29 is 13.2 Å². The molecule has 0 saturated carbocycles. The lowest BCUT2D eigenvalue weighted by molar-refractivity contribution is 0.0193. The highest BCUT2D eigenvalue weighted by atomic mass is 79.9. The van der Waals surface area contributed by atoms with Crippen molar-refractivity contribution >= 4 is 15.9 Å². The van der Waals surface area contributed by atoms with Crippen molar-refractivity contribution in [1.82, 2.24) is 0 Å². The first-order valence-corrected chi connectivity index (χ1v) is 3.42. The molecule has 4 heteroatoms. The molecule has 0 nitrogen and oxygen atoms in total. The zero-order chi connectivity index (χ0) is 7.78. The first-order chi connectivity index (χ1) is 4.52. The van der Waals surface area contributed by atoms with Crippen LogP contribution in [0.15, 0.2) is 22.5 Å². The monoisotopic (exact) mass is 212 g/mol. The summed E-state index contributed by atoms with van der Waals surface area (Å²) in [6.07, 6.45) is 1.48. The van der Waals surface area contributed by atoms with Crippen molar-refractivity contribution in [3.63, 3.8) is 0 Å². The minimum Gasteiger partial charge on any atom is -0.205 e. The fraction of sp³-hybridized carbons (Fsp3) is 0.333. The molecule has 1 aliphatic carbocycles. The number of hydrogen-bond donors (Lipinski definition) is 0. The Kier molecular flexibility index (Phi) is 1.90. The van der Waals surface area contributed by atoms with Gasteiger partial charge in [0.2, 0.25) is 0 Å². The van der Waals surface area contributed by atoms with Crippen LogP contribution in [0, 0.1) is 0 Å². The van der Waals surface area contributed by atoms with Gasteiger partial charge in [-0.15, -0.1) is 0 Å². The SMILES string of the molecule is FC1=CC=C(Br)CC1(F)F. The molecule has 0 fully saturated rings. The average Bonchev–Trinajstić information content (AvgIpc) is 1.78. The Morgan fingerprint density at radius 3 is 2.40 bits per heavy atom. The molecule has 0 saturated heterocycles. The maximum atomic E-state index is 12.3. The summed E-state index contributed by atoms with van der Waals surface area (Å²) >= 11 is 2.86. The molecule has 0 bridgehead atoms. The molecule has 0 aliphatic heterocycles. The van der Waals surface area contributed by atoms with E-state index >= 15 is 0 Å². The molecule has 0 aromatic heterocycles. The smallest absolute Gasteiger partial charge is 0.205 e. The molecule has 0 heterocycles. The van der Waals surface area contributed by atoms with Gasteiger partial charge >= 0.3 is 5.92 Å². The van der Waals surface area contributed by atoms with Crippen molar-refractivity contribution in [3.8, 4) is 0 Å². The van der Waals surface area contributed by atoms with Gasteiger partial charge in [0.05, 0.1) is 0 Å². The maximum absolute atomic E-state index is 12.3. The van der Waals surface area contributed by atoms with E-state index in [2.05, 4.69) is 15.9 Å². The maximum Gasteiger partial charge on any atom is 0.303 e. The topological polar surface area (TPSA) is 0 Å². The molecule has 0 unspecified atom stereocenters. The molecule has 1 aliphatic rings. The summed E-state index contributed by atoms with van der Waals surface area (Å²) in [5, 5.41) is 0. The fourth-order valence-corrected chi connectivity index (χ4v) is 1.13. The molecule has 0 N–H and O–H groups in total. The normalized spacial score (nSPS) is 23.6. The Hall–Kier alpha value is -0.250. The molecular weight excluding hydrogens is 209 g/mol. The fourth-order valence-electron chi connectivity index (χ4n) is 0.641. The Labute approximate surface area is 64.5 Å². The molecule has 0 aromatic rings. The highest BCUT2D eigenvalue weighted by molar-refractivity contribution is 9.11. The minimum atomic E-state index is -3.31. The van der Waals surface area contributed by atoms with Crippen LogP contribution in [-0.4, -0.2) is 5.92 Å². The predicted molar refractivity (Wildman–Crippen MR) is 35.8 cm³/mol. The van der Waals surface area contributed by atoms with E-state index in [1.165, 1.54) is 6.08 Å². The number of alkyl halides is 2. The van der Waals surface area contributed by atoms with Crippen molar-refractivity contribution in [2.45, 2.75) is 12.3 Å². The molecule has 0 spiro atoms. The predicted octanol–water partition coefficient (Wildman–Crippen LogP) is 3.16. The van der Waals surface area contributed by atoms with Crippen molar-refractivity contribution in [3.05, 3.63) is 22.5 Å². The Morgan fingerprint density at radius 2 is 2.00 bits per heavy atom. The summed E-state index contributed by atoms with van der Waals surface area (Å²) in [5.41, 5.74) is 0. The molecule has 0 atom stereocenters. The molecular formula is C6H4BrF3. The van der Waals surface area contributed by atoms with Gasteiger partial charge in [-0.3, -0.25) is 0 Å². The number of halogens is 4. The first-order valence-electron chi connectivity index (χ1n) is 2.62. The highest BCUT2D eigenvalue weighted by Crippen LogP contribution is 2.37. The summed E-state index contributed by atoms with van der Waals surface area (Å²) < 4.78 is 37.2. The van der Waals surface area contributed by atoms with Gasteiger partial charge in [0.15, 0.2) is 5.83 Å². The van der Waals surface area contributed by atoms with Gasteiger partial charge in [0.1, 0.15) is 0 Å². The van der Waals surface area contributed by atoms with Crippen LogP contribution in [0.3, 0.4) is 0 Å². The van der Waals surface area contributed by atoms with E-state index in [0.717, 1.165) is 6.08 Å². The third-order valence-corrected chi connectivity index (χ3v) is 1.70. The van der Waals surface area contributed by atoms with Crippen LogP contribution in [0.2, 0.25) is 0 Å². The summed E-state index contributed by atoms with van der Waals surface area (Å²) in [4.78, 5) is 0. The standard InChI is InChI=1S/C6H4BrF3/c7-4-1-2-5(8)6(9,10)3-4/h1-2H,3H2. The van der Waals surface area contributed by atoms with E-state index in [-0.39, 0.29) is 0 Å². The van der Waals surface area contributed by atoms with Crippen LogP contribution in [0.5, 0.6) is 0 Å². The van der Waals surface area contributed by atoms with E-state index in [9.17, 15) is 13.2 Å². The summed E-state index contributed by atoms with van der Waals surface area (Å²) in [5.74, 6) is -4.68. The lowest BCUT2D eigenvalue weighted by atomic mass is 10.1. The molecule has 1 rings (SSSR count). The van der Waals surface area contributed by atoms with Crippen LogP contribution < -0.4 is 0 Å². The molecule has 0 aromatic carbocycles. The molecule has 0 amide bonds. The van der Waals surface area contributed by atoms with Crippen molar-refractivity contribution in [2.75, 3.05) is 0 Å². The van der Waals surface area contributed by atoms with Crippen LogP contribution in [-0.2, 0) is 0 Å². The Morgan fingerprint density at radius 1 is 1.40 bits per heavy atom. The van der Waals surface area contributed by atoms with Gasteiger partial charge in [0, 0.05) is 10.9 Å². The Balaban J connectivity index is 2.89. The second-order valence-corrected chi connectivity index (χ2v) is 3.03. The van der Waals surface area contributed by atoms with E-state index < -0.39 is 18.2 Å². The van der Waals surface area contributed by atoms with Crippen molar-refractivity contribution in [1.29, 1.82) is 0 Å². The average molecular weight is 213 g/mol. The number of allylic oxidation sites excluding steroid dienone is 4. The third kappa shape index (κ3) is 1.42. The quantitative estimate of drug-likeness (QED) is 0.579. The van der Waals surface area contributed by atoms with Gasteiger partial charge in [-0.25, -0.2) is 4.39 Å². The van der Waals surface area contributed by atoms with Crippen molar-refractivity contribution in [2.24, 2.45) is 0 Å². The molecule has 56 valence electrons. The minimum absolute atomic E-state index is 0.318. The van der Waals surface area contributed by atoms with Crippen LogP contribution in [0.1, 0.15) is 6.42 Å². The molecule has 10 heavy (non-hydrogen) atoms. The summed E-state index contributed by atoms with van der Waals surface area (Å²) in [6, 6.07) is 0. The zero-order valence-corrected chi connectivity index (χ0v) is 6.46. The lowest BCUT2D eigenvalue weighted by Crippen LogP contribution is -2.18. The van der Waals surface area contributed by atoms with Crippen LogP contribution in [0.4, 0.5) is 13.2 Å². The second-order valence-electron chi connectivity index (χ2n) is 2.01. The van der Waals surface area contributed by atoms with Crippen LogP contribution >= 0.6 is 15.9 Å². The van der Waals surface area contributed by atoms with Gasteiger partial charge in [-0.05, 0) is 12.2 Å². The van der Waals surface area contributed by atoms with Gasteiger partial charge in [-0.1, -0.05) is 15.9 Å². The van der Waals surface area contributed by atoms with E-state index in [4.69, 9.17) is 0 Å². The second kappa shape index (κ2) is 2.42. The first kappa shape index (κ1) is 7.85. The van der Waals surface area contributed by atoms with E-state index in [1.807, 2.05) is 0 Å². The van der Waals surface area contributed by atoms with Crippen LogP contribution in [0.25, 0.3) is 0 Å². The zero-order valence-electron chi connectivity index (χ0n) is 4.87. The van der Waals surface area contributed by atoms with E-state index in [0.29, 0.717) is 4.48 Å². The largest absolute Gasteiger partial charge is 0.303 e. The van der Waals surface area contributed by atoms with Gasteiger partial charge in [-0.2, -0.15) is 8.78 Å². The highest BCUT2D eigenvalue weighted by Gasteiger charge is 2.37. The Bertz CT molecular complexity index is 205. The summed E-state index contributed by atoms with van der Waals surface area (Å²) in [7, 11) is 0. The van der Waals surface area contributed by atoms with Gasteiger partial charge in [0.25, 0.3) is 0 Å². The number of hydrogen-bond acceptors (Lipinski definition) is 0.